The Morgan fingerprint density at radius 2 is 2.20 bits per heavy atom. The lowest BCUT2D eigenvalue weighted by Gasteiger charge is -2.22. The average Bonchev–Trinajstić information content (AvgIpc) is 2.60. The fraction of sp³-hybridized carbons (Fsp3) is 1.00. The normalized spacial score (nSPS) is 28.6. The Morgan fingerprint density at radius 1 is 1.47 bits per heavy atom. The summed E-state index contributed by atoms with van der Waals surface area (Å²) in [4.78, 5) is 2.22. The molecule has 3 nitrogen and oxygen atoms in total. The number of nitrogens with one attached hydrogen (secondary N) is 1. The quantitative estimate of drug-likeness (QED) is 0.722. The van der Waals surface area contributed by atoms with Gasteiger partial charge in [-0.1, -0.05) is 6.92 Å². The van der Waals surface area contributed by atoms with Crippen LogP contribution in [0.25, 0.3) is 0 Å². The predicted octanol–water partition coefficient (Wildman–Crippen LogP) is 1.34. The van der Waals surface area contributed by atoms with Gasteiger partial charge in [0, 0.05) is 25.7 Å². The van der Waals surface area contributed by atoms with E-state index >= 15 is 0 Å². The van der Waals surface area contributed by atoms with E-state index in [4.69, 9.17) is 4.74 Å². The Morgan fingerprint density at radius 3 is 2.80 bits per heavy atom. The lowest BCUT2D eigenvalue weighted by molar-refractivity contribution is 0.0865. The monoisotopic (exact) mass is 214 g/mol. The van der Waals surface area contributed by atoms with E-state index < -0.39 is 0 Å². The van der Waals surface area contributed by atoms with E-state index in [0.29, 0.717) is 12.1 Å². The maximum atomic E-state index is 5.68. The zero-order chi connectivity index (χ0) is 11.3. The summed E-state index contributed by atoms with van der Waals surface area (Å²) >= 11 is 0. The Bertz CT molecular complexity index is 173. The van der Waals surface area contributed by atoms with E-state index in [1.807, 2.05) is 0 Å². The van der Waals surface area contributed by atoms with E-state index in [0.717, 1.165) is 32.0 Å². The van der Waals surface area contributed by atoms with Crippen molar-refractivity contribution in [3.63, 3.8) is 0 Å². The zero-order valence-electron chi connectivity index (χ0n) is 10.6. The van der Waals surface area contributed by atoms with Crippen LogP contribution in [0.1, 0.15) is 26.7 Å². The maximum absolute atomic E-state index is 5.68. The molecule has 0 aromatic rings. The first-order valence-corrected chi connectivity index (χ1v) is 6.13. The summed E-state index contributed by atoms with van der Waals surface area (Å²) < 4.78 is 5.68. The molecule has 90 valence electrons. The molecular weight excluding hydrogens is 188 g/mol. The van der Waals surface area contributed by atoms with E-state index in [1.54, 1.807) is 0 Å². The molecule has 1 rings (SSSR count). The molecule has 15 heavy (non-hydrogen) atoms. The molecule has 0 amide bonds. The van der Waals surface area contributed by atoms with Gasteiger partial charge in [0.1, 0.15) is 0 Å². The van der Waals surface area contributed by atoms with Crippen molar-refractivity contribution in [1.29, 1.82) is 0 Å². The molecule has 0 radical (unpaired) electrons. The van der Waals surface area contributed by atoms with Crippen molar-refractivity contribution in [1.82, 2.24) is 10.2 Å². The molecule has 0 aliphatic carbocycles. The second kappa shape index (κ2) is 6.46. The van der Waals surface area contributed by atoms with Gasteiger partial charge in [0.25, 0.3) is 0 Å². The first-order chi connectivity index (χ1) is 7.13. The third kappa shape index (κ3) is 4.49. The number of hydrogen-bond acceptors (Lipinski definition) is 3. The summed E-state index contributed by atoms with van der Waals surface area (Å²) in [5.41, 5.74) is 0. The van der Waals surface area contributed by atoms with Crippen LogP contribution in [0.3, 0.4) is 0 Å². The summed E-state index contributed by atoms with van der Waals surface area (Å²) in [7, 11) is 4.23. The van der Waals surface area contributed by atoms with Gasteiger partial charge in [-0.25, -0.2) is 0 Å². The lowest BCUT2D eigenvalue weighted by atomic mass is 9.99. The van der Waals surface area contributed by atoms with E-state index in [2.05, 4.69) is 38.2 Å². The number of rotatable bonds is 6. The fourth-order valence-electron chi connectivity index (χ4n) is 2.34. The SMILES string of the molecule is CCC1OCCC1CNC(C)CN(C)C. The fourth-order valence-corrected chi connectivity index (χ4v) is 2.34. The highest BCUT2D eigenvalue weighted by Crippen LogP contribution is 2.22. The Kier molecular flexibility index (Phi) is 5.58. The third-order valence-electron chi connectivity index (χ3n) is 3.12. The molecule has 3 unspecified atom stereocenters. The maximum Gasteiger partial charge on any atom is 0.0613 e. The van der Waals surface area contributed by atoms with Crippen LogP contribution in [-0.4, -0.2) is 50.8 Å². The van der Waals surface area contributed by atoms with Crippen molar-refractivity contribution in [2.24, 2.45) is 5.92 Å². The van der Waals surface area contributed by atoms with Crippen LogP contribution in [0.15, 0.2) is 0 Å². The van der Waals surface area contributed by atoms with Crippen molar-refractivity contribution in [3.05, 3.63) is 0 Å². The molecule has 3 heteroatoms. The van der Waals surface area contributed by atoms with Gasteiger partial charge in [0.2, 0.25) is 0 Å². The van der Waals surface area contributed by atoms with Gasteiger partial charge in [-0.3, -0.25) is 0 Å². The van der Waals surface area contributed by atoms with Crippen molar-refractivity contribution in [3.8, 4) is 0 Å². The minimum absolute atomic E-state index is 0.490. The minimum atomic E-state index is 0.490. The van der Waals surface area contributed by atoms with Crippen LogP contribution < -0.4 is 5.32 Å². The van der Waals surface area contributed by atoms with E-state index in [1.165, 1.54) is 6.42 Å². The molecular formula is C12H26N2O. The number of likely N-dealkylation sites (N-methyl/N-ethyl adjacent to an activating group) is 1. The summed E-state index contributed by atoms with van der Waals surface area (Å²) in [6.07, 6.45) is 2.86. The molecule has 0 spiro atoms. The first kappa shape index (κ1) is 12.9. The lowest BCUT2D eigenvalue weighted by Crippen LogP contribution is -2.39. The highest BCUT2D eigenvalue weighted by Gasteiger charge is 2.26. The molecule has 1 aliphatic rings. The molecule has 1 heterocycles. The second-order valence-electron chi connectivity index (χ2n) is 4.94. The van der Waals surface area contributed by atoms with Crippen molar-refractivity contribution in [2.45, 2.75) is 38.8 Å². The van der Waals surface area contributed by atoms with Crippen LogP contribution in [0.5, 0.6) is 0 Å². The Balaban J connectivity index is 2.18. The van der Waals surface area contributed by atoms with Crippen molar-refractivity contribution >= 4 is 0 Å². The van der Waals surface area contributed by atoms with Crippen molar-refractivity contribution < 1.29 is 4.74 Å². The summed E-state index contributed by atoms with van der Waals surface area (Å²) in [5, 5.41) is 3.60. The first-order valence-electron chi connectivity index (χ1n) is 6.13. The van der Waals surface area contributed by atoms with Crippen LogP contribution in [0, 0.1) is 5.92 Å². The molecule has 0 aromatic carbocycles. The Hall–Kier alpha value is -0.120. The van der Waals surface area contributed by atoms with Crippen molar-refractivity contribution in [2.75, 3.05) is 33.8 Å². The van der Waals surface area contributed by atoms with Gasteiger partial charge >= 0.3 is 0 Å². The molecule has 1 N–H and O–H groups in total. The third-order valence-corrected chi connectivity index (χ3v) is 3.12. The van der Waals surface area contributed by atoms with Gasteiger partial charge in [-0.15, -0.1) is 0 Å². The van der Waals surface area contributed by atoms with Gasteiger partial charge in [0.15, 0.2) is 0 Å². The molecule has 3 atom stereocenters. The molecule has 0 saturated carbocycles. The average molecular weight is 214 g/mol. The number of ether oxygens (including phenoxy) is 1. The minimum Gasteiger partial charge on any atom is -0.378 e. The molecule has 1 fully saturated rings. The summed E-state index contributed by atoms with van der Waals surface area (Å²) in [5.74, 6) is 0.722. The van der Waals surface area contributed by atoms with Gasteiger partial charge < -0.3 is 15.0 Å². The highest BCUT2D eigenvalue weighted by atomic mass is 16.5. The van der Waals surface area contributed by atoms with Crippen LogP contribution in [-0.2, 0) is 4.74 Å². The largest absolute Gasteiger partial charge is 0.378 e. The summed E-state index contributed by atoms with van der Waals surface area (Å²) in [6, 6.07) is 0.568. The van der Waals surface area contributed by atoms with E-state index in [-0.39, 0.29) is 0 Å². The number of nitrogens with zero attached hydrogens (tertiary/aromatic N) is 1. The smallest absolute Gasteiger partial charge is 0.0613 e. The zero-order valence-corrected chi connectivity index (χ0v) is 10.6. The number of hydrogen-bond donors (Lipinski definition) is 1. The molecule has 1 aliphatic heterocycles. The molecule has 1 saturated heterocycles. The van der Waals surface area contributed by atoms with E-state index in [9.17, 15) is 0 Å². The van der Waals surface area contributed by atoms with Crippen LogP contribution in [0.4, 0.5) is 0 Å². The highest BCUT2D eigenvalue weighted by molar-refractivity contribution is 4.78. The van der Waals surface area contributed by atoms with Gasteiger partial charge in [-0.2, -0.15) is 0 Å². The van der Waals surface area contributed by atoms with Crippen LogP contribution >= 0.6 is 0 Å². The van der Waals surface area contributed by atoms with Gasteiger partial charge in [-0.05, 0) is 39.8 Å². The standard InChI is InChI=1S/C12H26N2O/c1-5-12-11(6-7-15-12)8-13-10(2)9-14(3)4/h10-13H,5-9H2,1-4H3. The molecule has 0 aromatic heterocycles. The summed E-state index contributed by atoms with van der Waals surface area (Å²) in [6.45, 7) is 7.62. The Labute approximate surface area is 94.2 Å². The molecule has 0 bridgehead atoms. The van der Waals surface area contributed by atoms with Gasteiger partial charge in [0.05, 0.1) is 6.10 Å². The van der Waals surface area contributed by atoms with Crippen LogP contribution in [0.2, 0.25) is 0 Å². The second-order valence-corrected chi connectivity index (χ2v) is 4.94. The predicted molar refractivity (Wildman–Crippen MR) is 64.2 cm³/mol. The topological polar surface area (TPSA) is 24.5 Å².